The van der Waals surface area contributed by atoms with E-state index < -0.39 is 10.0 Å². The highest BCUT2D eigenvalue weighted by Gasteiger charge is 2.31. The van der Waals surface area contributed by atoms with Crippen molar-refractivity contribution in [2.24, 2.45) is 0 Å². The lowest BCUT2D eigenvalue weighted by Crippen LogP contribution is -2.49. The van der Waals surface area contributed by atoms with E-state index in [1.807, 2.05) is 18.2 Å². The van der Waals surface area contributed by atoms with E-state index in [1.165, 1.54) is 11.8 Å². The van der Waals surface area contributed by atoms with Gasteiger partial charge in [-0.25, -0.2) is 18.4 Å². The molecule has 0 N–H and O–H groups in total. The van der Waals surface area contributed by atoms with Gasteiger partial charge in [-0.15, -0.1) is 0 Å². The molecule has 1 aliphatic rings. The van der Waals surface area contributed by atoms with Crippen molar-refractivity contribution in [2.75, 3.05) is 32.7 Å². The summed E-state index contributed by atoms with van der Waals surface area (Å²) in [6.45, 7) is 7.18. The molecule has 0 amide bonds. The first-order valence-electron chi connectivity index (χ1n) is 10.5. The topological polar surface area (TPSA) is 79.3 Å². The number of pyridine rings is 1. The van der Waals surface area contributed by atoms with Gasteiger partial charge in [0.25, 0.3) is 0 Å². The van der Waals surface area contributed by atoms with Gasteiger partial charge in [-0.1, -0.05) is 43.3 Å². The summed E-state index contributed by atoms with van der Waals surface area (Å²) < 4.78 is 28.0. The van der Waals surface area contributed by atoms with Gasteiger partial charge < -0.3 is 4.90 Å². The maximum atomic E-state index is 13.2. The van der Waals surface area contributed by atoms with Crippen LogP contribution in [-0.4, -0.2) is 65.3 Å². The van der Waals surface area contributed by atoms with Gasteiger partial charge >= 0.3 is 0 Å². The number of hydrogen-bond donors (Lipinski definition) is 0. The van der Waals surface area contributed by atoms with E-state index in [4.69, 9.17) is 0 Å². The molecule has 3 aromatic rings. The van der Waals surface area contributed by atoms with Crippen LogP contribution in [0.15, 0.2) is 65.8 Å². The van der Waals surface area contributed by atoms with E-state index in [2.05, 4.69) is 51.0 Å². The molecule has 1 unspecified atom stereocenters. The van der Waals surface area contributed by atoms with Crippen molar-refractivity contribution >= 4 is 10.0 Å². The van der Waals surface area contributed by atoms with Crippen molar-refractivity contribution in [1.82, 2.24) is 24.2 Å². The zero-order valence-electron chi connectivity index (χ0n) is 17.8. The Kier molecular flexibility index (Phi) is 6.41. The third-order valence-electron chi connectivity index (χ3n) is 5.68. The number of aryl methyl sites for hydroxylation is 1. The minimum absolute atomic E-state index is 0.165. The summed E-state index contributed by atoms with van der Waals surface area (Å²) in [5, 5.41) is 0. The summed E-state index contributed by atoms with van der Waals surface area (Å²) >= 11 is 0. The van der Waals surface area contributed by atoms with Crippen molar-refractivity contribution in [1.29, 1.82) is 0 Å². The molecule has 1 aromatic carbocycles. The maximum absolute atomic E-state index is 13.2. The van der Waals surface area contributed by atoms with Crippen LogP contribution >= 0.6 is 0 Å². The van der Waals surface area contributed by atoms with Crippen LogP contribution in [-0.2, 0) is 10.0 Å². The third-order valence-corrected chi connectivity index (χ3v) is 7.68. The maximum Gasteiger partial charge on any atom is 0.246 e. The number of hydrogen-bond acceptors (Lipinski definition) is 6. The number of benzene rings is 1. The smallest absolute Gasteiger partial charge is 0.246 e. The van der Waals surface area contributed by atoms with Crippen molar-refractivity contribution < 1.29 is 8.42 Å². The van der Waals surface area contributed by atoms with Gasteiger partial charge in [0.15, 0.2) is 5.82 Å². The summed E-state index contributed by atoms with van der Waals surface area (Å²) in [6.07, 6.45) is 3.07. The lowest BCUT2D eigenvalue weighted by molar-refractivity contribution is 0.181. The lowest BCUT2D eigenvalue weighted by atomic mass is 10.0. The zero-order valence-corrected chi connectivity index (χ0v) is 18.7. The van der Waals surface area contributed by atoms with Crippen LogP contribution < -0.4 is 0 Å². The summed E-state index contributed by atoms with van der Waals surface area (Å²) in [4.78, 5) is 15.4. The second-order valence-corrected chi connectivity index (χ2v) is 9.78. The van der Waals surface area contributed by atoms with Crippen LogP contribution in [0.3, 0.4) is 0 Å². The molecule has 0 saturated carbocycles. The molecule has 3 heterocycles. The monoisotopic (exact) mass is 437 g/mol. The molecule has 162 valence electrons. The van der Waals surface area contributed by atoms with Crippen LogP contribution in [0.4, 0.5) is 0 Å². The number of aromatic nitrogens is 3. The second-order valence-electron chi connectivity index (χ2n) is 7.87. The predicted molar refractivity (Wildman–Crippen MR) is 120 cm³/mol. The average molecular weight is 438 g/mol. The Balaban J connectivity index is 1.42. The fourth-order valence-electron chi connectivity index (χ4n) is 3.89. The Morgan fingerprint density at radius 1 is 0.968 bits per heavy atom. The molecule has 0 spiro atoms. The first-order chi connectivity index (χ1) is 14.9. The Bertz CT molecular complexity index is 1120. The molecule has 8 heteroatoms. The molecule has 1 saturated heterocycles. The van der Waals surface area contributed by atoms with E-state index in [0.29, 0.717) is 49.3 Å². The van der Waals surface area contributed by atoms with Crippen molar-refractivity contribution in [2.45, 2.75) is 24.7 Å². The molecular weight excluding hydrogens is 410 g/mol. The molecule has 1 fully saturated rings. The Hall–Kier alpha value is -2.68. The fourth-order valence-corrected chi connectivity index (χ4v) is 5.42. The molecular formula is C23H27N5O2S. The SMILES string of the molecule is Cc1nc(-c2ccccn2)ncc1S(=O)(=O)N1CCN(CC(C)c2ccccc2)CC1. The average Bonchev–Trinajstić information content (AvgIpc) is 2.80. The van der Waals surface area contributed by atoms with Crippen LogP contribution in [0.25, 0.3) is 11.5 Å². The van der Waals surface area contributed by atoms with Gasteiger partial charge in [0.2, 0.25) is 10.0 Å². The lowest BCUT2D eigenvalue weighted by Gasteiger charge is -2.35. The van der Waals surface area contributed by atoms with E-state index >= 15 is 0 Å². The molecule has 0 bridgehead atoms. The standard InChI is InChI=1S/C23H27N5O2S/c1-18(20-8-4-3-5-9-20)17-27-12-14-28(15-13-27)31(29,30)22-16-25-23(26-19(22)2)21-10-6-7-11-24-21/h3-11,16,18H,12-15,17H2,1-2H3. The Morgan fingerprint density at radius 2 is 1.68 bits per heavy atom. The van der Waals surface area contributed by atoms with E-state index in [-0.39, 0.29) is 4.90 Å². The summed E-state index contributed by atoms with van der Waals surface area (Å²) in [5.74, 6) is 0.830. The van der Waals surface area contributed by atoms with Crippen LogP contribution in [0.5, 0.6) is 0 Å². The first kappa shape index (κ1) is 21.5. The minimum Gasteiger partial charge on any atom is -0.300 e. The normalized spacial score (nSPS) is 16.8. The summed E-state index contributed by atoms with van der Waals surface area (Å²) in [6, 6.07) is 15.9. The van der Waals surface area contributed by atoms with Gasteiger partial charge in [0.1, 0.15) is 10.6 Å². The number of piperazine rings is 1. The molecule has 31 heavy (non-hydrogen) atoms. The fraction of sp³-hybridized carbons (Fsp3) is 0.348. The molecule has 0 radical (unpaired) electrons. The summed E-state index contributed by atoms with van der Waals surface area (Å²) in [7, 11) is -3.63. The second kappa shape index (κ2) is 9.21. The van der Waals surface area contributed by atoms with E-state index in [1.54, 1.807) is 23.5 Å². The molecule has 1 aliphatic heterocycles. The highest BCUT2D eigenvalue weighted by atomic mass is 32.2. The number of nitrogens with zero attached hydrogens (tertiary/aromatic N) is 5. The van der Waals surface area contributed by atoms with Crippen LogP contribution in [0.2, 0.25) is 0 Å². The largest absolute Gasteiger partial charge is 0.300 e. The molecule has 7 nitrogen and oxygen atoms in total. The van der Waals surface area contributed by atoms with E-state index in [0.717, 1.165) is 6.54 Å². The van der Waals surface area contributed by atoms with Crippen LogP contribution in [0, 0.1) is 6.92 Å². The summed E-state index contributed by atoms with van der Waals surface area (Å²) in [5.41, 5.74) is 2.37. The van der Waals surface area contributed by atoms with Gasteiger partial charge in [0.05, 0.1) is 11.9 Å². The predicted octanol–water partition coefficient (Wildman–Crippen LogP) is 2.96. The quantitative estimate of drug-likeness (QED) is 0.590. The van der Waals surface area contributed by atoms with Gasteiger partial charge in [-0.2, -0.15) is 4.31 Å². The van der Waals surface area contributed by atoms with Gasteiger partial charge in [-0.3, -0.25) is 4.98 Å². The number of sulfonamides is 1. The zero-order chi connectivity index (χ0) is 21.8. The Morgan fingerprint density at radius 3 is 2.32 bits per heavy atom. The van der Waals surface area contributed by atoms with E-state index in [9.17, 15) is 8.42 Å². The first-order valence-corrected chi connectivity index (χ1v) is 11.9. The number of rotatable bonds is 6. The molecule has 1 atom stereocenters. The van der Waals surface area contributed by atoms with Crippen molar-refractivity contribution in [3.05, 3.63) is 72.2 Å². The molecule has 2 aromatic heterocycles. The van der Waals surface area contributed by atoms with Crippen molar-refractivity contribution in [3.63, 3.8) is 0 Å². The molecule has 0 aliphatic carbocycles. The highest BCUT2D eigenvalue weighted by Crippen LogP contribution is 2.23. The minimum atomic E-state index is -3.63. The Labute approximate surface area is 183 Å². The third kappa shape index (κ3) is 4.81. The van der Waals surface area contributed by atoms with Gasteiger partial charge in [0, 0.05) is 38.9 Å². The van der Waals surface area contributed by atoms with Crippen molar-refractivity contribution in [3.8, 4) is 11.5 Å². The van der Waals surface area contributed by atoms with Crippen LogP contribution in [0.1, 0.15) is 24.1 Å². The highest BCUT2D eigenvalue weighted by molar-refractivity contribution is 7.89. The van der Waals surface area contributed by atoms with Gasteiger partial charge in [-0.05, 0) is 30.5 Å². The molecule has 4 rings (SSSR count).